The van der Waals surface area contributed by atoms with Crippen LogP contribution in [-0.4, -0.2) is 20.6 Å². The van der Waals surface area contributed by atoms with Gasteiger partial charge in [-0.3, -0.25) is 9.78 Å². The van der Waals surface area contributed by atoms with Gasteiger partial charge in [-0.2, -0.15) is 5.26 Å². The van der Waals surface area contributed by atoms with E-state index in [1.807, 2.05) is 10.6 Å². The summed E-state index contributed by atoms with van der Waals surface area (Å²) in [5, 5.41) is 19.7. The fourth-order valence-corrected chi connectivity index (χ4v) is 2.96. The SMILES string of the molecule is N#Cc1c(C(N)=O)c2n(c1-c1cccnc1)CCCC2O. The maximum atomic E-state index is 11.8. The summed E-state index contributed by atoms with van der Waals surface area (Å²) >= 11 is 0. The van der Waals surface area contributed by atoms with Crippen molar-refractivity contribution in [3.63, 3.8) is 0 Å². The smallest absolute Gasteiger partial charge is 0.252 e. The Labute approximate surface area is 121 Å². The molecule has 0 fully saturated rings. The monoisotopic (exact) mass is 282 g/mol. The first-order chi connectivity index (χ1) is 10.1. The Hall–Kier alpha value is -2.65. The third kappa shape index (κ3) is 1.99. The molecule has 1 aliphatic rings. The third-order valence-electron chi connectivity index (χ3n) is 3.77. The first-order valence-electron chi connectivity index (χ1n) is 6.70. The van der Waals surface area contributed by atoms with Crippen molar-refractivity contribution in [2.75, 3.05) is 0 Å². The first-order valence-corrected chi connectivity index (χ1v) is 6.70. The van der Waals surface area contributed by atoms with Gasteiger partial charge in [0.2, 0.25) is 0 Å². The van der Waals surface area contributed by atoms with E-state index in [2.05, 4.69) is 11.1 Å². The Kier molecular flexibility index (Phi) is 3.20. The van der Waals surface area contributed by atoms with E-state index in [4.69, 9.17) is 5.73 Å². The van der Waals surface area contributed by atoms with Crippen LogP contribution in [0.3, 0.4) is 0 Å². The van der Waals surface area contributed by atoms with Crippen LogP contribution in [0.25, 0.3) is 11.3 Å². The van der Waals surface area contributed by atoms with Crippen molar-refractivity contribution in [3.8, 4) is 17.3 Å². The van der Waals surface area contributed by atoms with Crippen LogP contribution >= 0.6 is 0 Å². The second-order valence-electron chi connectivity index (χ2n) is 5.01. The van der Waals surface area contributed by atoms with Crippen molar-refractivity contribution in [1.82, 2.24) is 9.55 Å². The van der Waals surface area contributed by atoms with Crippen LogP contribution in [0, 0.1) is 11.3 Å². The van der Waals surface area contributed by atoms with Gasteiger partial charge in [0.05, 0.1) is 28.6 Å². The van der Waals surface area contributed by atoms with Gasteiger partial charge in [0.25, 0.3) is 5.91 Å². The van der Waals surface area contributed by atoms with Crippen LogP contribution < -0.4 is 5.73 Å². The van der Waals surface area contributed by atoms with Crippen LogP contribution in [-0.2, 0) is 6.54 Å². The number of aliphatic hydroxyl groups excluding tert-OH is 1. The highest BCUT2D eigenvalue weighted by Gasteiger charge is 2.32. The number of aliphatic hydroxyl groups is 1. The summed E-state index contributed by atoms with van der Waals surface area (Å²) in [5.41, 5.74) is 7.57. The molecule has 0 aliphatic carbocycles. The molecule has 3 N–H and O–H groups in total. The molecule has 2 aromatic heterocycles. The fourth-order valence-electron chi connectivity index (χ4n) is 2.96. The number of fused-ring (bicyclic) bond motifs is 1. The number of hydrogen-bond acceptors (Lipinski definition) is 4. The molecule has 0 spiro atoms. The predicted molar refractivity (Wildman–Crippen MR) is 75.1 cm³/mol. The number of amides is 1. The third-order valence-corrected chi connectivity index (χ3v) is 3.77. The summed E-state index contributed by atoms with van der Waals surface area (Å²) in [6, 6.07) is 5.65. The van der Waals surface area contributed by atoms with Gasteiger partial charge in [-0.15, -0.1) is 0 Å². The molecule has 3 heterocycles. The number of carbonyl (C=O) groups excluding carboxylic acids is 1. The molecule has 1 atom stereocenters. The highest BCUT2D eigenvalue weighted by molar-refractivity contribution is 5.99. The van der Waals surface area contributed by atoms with Crippen molar-refractivity contribution in [2.24, 2.45) is 5.73 Å². The normalized spacial score (nSPS) is 17.0. The van der Waals surface area contributed by atoms with Crippen LogP contribution in [0.4, 0.5) is 0 Å². The molecular formula is C15H14N4O2. The maximum absolute atomic E-state index is 11.8. The van der Waals surface area contributed by atoms with E-state index >= 15 is 0 Å². The lowest BCUT2D eigenvalue weighted by Crippen LogP contribution is -2.21. The van der Waals surface area contributed by atoms with E-state index in [1.165, 1.54) is 0 Å². The van der Waals surface area contributed by atoms with Crippen LogP contribution in [0.15, 0.2) is 24.5 Å². The highest BCUT2D eigenvalue weighted by atomic mass is 16.3. The molecule has 0 saturated heterocycles. The zero-order valence-corrected chi connectivity index (χ0v) is 11.3. The number of primary amides is 1. The summed E-state index contributed by atoms with van der Waals surface area (Å²) in [5.74, 6) is -0.689. The van der Waals surface area contributed by atoms with Crippen LogP contribution in [0.5, 0.6) is 0 Å². The quantitative estimate of drug-likeness (QED) is 0.867. The molecule has 0 aromatic carbocycles. The summed E-state index contributed by atoms with van der Waals surface area (Å²) in [7, 11) is 0. The number of pyridine rings is 1. The van der Waals surface area contributed by atoms with Crippen molar-refractivity contribution in [3.05, 3.63) is 41.3 Å². The molecule has 2 aromatic rings. The van der Waals surface area contributed by atoms with Gasteiger partial charge >= 0.3 is 0 Å². The van der Waals surface area contributed by atoms with Crippen molar-refractivity contribution in [1.29, 1.82) is 5.26 Å². The van der Waals surface area contributed by atoms with Gasteiger partial charge in [-0.1, -0.05) is 0 Å². The first kappa shape index (κ1) is 13.3. The van der Waals surface area contributed by atoms with Gasteiger partial charge in [-0.25, -0.2) is 0 Å². The second-order valence-corrected chi connectivity index (χ2v) is 5.01. The lowest BCUT2D eigenvalue weighted by atomic mass is 10.0. The molecular weight excluding hydrogens is 268 g/mol. The Morgan fingerprint density at radius 1 is 1.57 bits per heavy atom. The molecule has 6 nitrogen and oxygen atoms in total. The standard InChI is InChI=1S/C15H14N4O2/c16-7-10-12(15(17)21)14-11(20)4-2-6-19(14)13(10)9-3-1-5-18-8-9/h1,3,5,8,11,20H,2,4,6H2,(H2,17,21). The average molecular weight is 282 g/mol. The average Bonchev–Trinajstić information content (AvgIpc) is 2.84. The molecule has 1 aliphatic heterocycles. The molecule has 21 heavy (non-hydrogen) atoms. The Morgan fingerprint density at radius 3 is 3.00 bits per heavy atom. The van der Waals surface area contributed by atoms with E-state index in [-0.39, 0.29) is 11.1 Å². The lowest BCUT2D eigenvalue weighted by molar-refractivity contribution is 0.0982. The van der Waals surface area contributed by atoms with E-state index in [0.29, 0.717) is 24.4 Å². The zero-order valence-electron chi connectivity index (χ0n) is 11.3. The molecule has 0 radical (unpaired) electrons. The van der Waals surface area contributed by atoms with Gasteiger partial charge in [0, 0.05) is 24.5 Å². The number of aromatic nitrogens is 2. The number of carbonyl (C=O) groups is 1. The van der Waals surface area contributed by atoms with Crippen molar-refractivity contribution < 1.29 is 9.90 Å². The van der Waals surface area contributed by atoms with Gasteiger partial charge in [-0.05, 0) is 25.0 Å². The maximum Gasteiger partial charge on any atom is 0.252 e. The van der Waals surface area contributed by atoms with E-state index < -0.39 is 12.0 Å². The van der Waals surface area contributed by atoms with Crippen LogP contribution in [0.1, 0.15) is 40.6 Å². The molecule has 6 heteroatoms. The summed E-state index contributed by atoms with van der Waals surface area (Å²) in [6.07, 6.45) is 3.83. The minimum atomic E-state index is -0.779. The molecule has 0 saturated carbocycles. The van der Waals surface area contributed by atoms with Crippen molar-refractivity contribution >= 4 is 5.91 Å². The lowest BCUT2D eigenvalue weighted by Gasteiger charge is -2.23. The Bertz CT molecular complexity index is 743. The fraction of sp³-hybridized carbons (Fsp3) is 0.267. The van der Waals surface area contributed by atoms with E-state index in [0.717, 1.165) is 12.0 Å². The Morgan fingerprint density at radius 2 is 2.38 bits per heavy atom. The molecule has 106 valence electrons. The number of rotatable bonds is 2. The molecule has 3 rings (SSSR count). The number of nitrogens with zero attached hydrogens (tertiary/aromatic N) is 3. The number of hydrogen-bond donors (Lipinski definition) is 2. The number of nitrogens with two attached hydrogens (primary N) is 1. The van der Waals surface area contributed by atoms with Gasteiger partial charge < -0.3 is 15.4 Å². The van der Waals surface area contributed by atoms with Gasteiger partial charge in [0.15, 0.2) is 0 Å². The number of nitriles is 1. The molecule has 1 unspecified atom stereocenters. The topological polar surface area (TPSA) is 105 Å². The highest BCUT2D eigenvalue weighted by Crippen LogP contribution is 2.38. The molecule has 1 amide bonds. The summed E-state index contributed by atoms with van der Waals surface area (Å²) in [6.45, 7) is 0.637. The van der Waals surface area contributed by atoms with E-state index in [1.54, 1.807) is 18.5 Å². The van der Waals surface area contributed by atoms with E-state index in [9.17, 15) is 15.2 Å². The second kappa shape index (κ2) is 5.04. The van der Waals surface area contributed by atoms with Gasteiger partial charge in [0.1, 0.15) is 6.07 Å². The van der Waals surface area contributed by atoms with Crippen LogP contribution in [0.2, 0.25) is 0 Å². The summed E-state index contributed by atoms with van der Waals surface area (Å²) < 4.78 is 1.82. The Balaban J connectivity index is 2.38. The minimum absolute atomic E-state index is 0.128. The van der Waals surface area contributed by atoms with Crippen molar-refractivity contribution in [2.45, 2.75) is 25.5 Å². The zero-order chi connectivity index (χ0) is 15.0. The largest absolute Gasteiger partial charge is 0.387 e. The minimum Gasteiger partial charge on any atom is -0.387 e. The predicted octanol–water partition coefficient (Wildman–Crippen LogP) is 1.35. The summed E-state index contributed by atoms with van der Waals surface area (Å²) in [4.78, 5) is 15.8. The molecule has 0 bridgehead atoms.